The van der Waals surface area contributed by atoms with Crippen LogP contribution in [-0.2, 0) is 0 Å². The van der Waals surface area contributed by atoms with Gasteiger partial charge in [0.1, 0.15) is 0 Å². The van der Waals surface area contributed by atoms with Gasteiger partial charge < -0.3 is 16.0 Å². The van der Waals surface area contributed by atoms with Crippen molar-refractivity contribution in [3.05, 3.63) is 12.2 Å². The first kappa shape index (κ1) is 27.1. The molecule has 0 atom stereocenters. The summed E-state index contributed by atoms with van der Waals surface area (Å²) in [4.78, 5) is 7.27. The van der Waals surface area contributed by atoms with Crippen LogP contribution in [0.2, 0.25) is 0 Å². The van der Waals surface area contributed by atoms with E-state index >= 15 is 0 Å². The number of guanidine groups is 1. The molecule has 1 aliphatic rings. The summed E-state index contributed by atoms with van der Waals surface area (Å²) < 4.78 is 0. The smallest absolute Gasteiger partial charge is 0.185 e. The molecule has 0 fully saturated rings. The average Bonchev–Trinajstić information content (AvgIpc) is 2.77. The van der Waals surface area contributed by atoms with Crippen molar-refractivity contribution < 1.29 is 0 Å². The Morgan fingerprint density at radius 1 is 1.10 bits per heavy atom. The van der Waals surface area contributed by atoms with Crippen molar-refractivity contribution in [2.75, 3.05) is 26.2 Å². The second-order valence-electron chi connectivity index (χ2n) is 8.53. The number of rotatable bonds is 17. The summed E-state index contributed by atoms with van der Waals surface area (Å²) in [5.74, 6) is 7.81. The van der Waals surface area contributed by atoms with Gasteiger partial charge in [-0.15, -0.1) is 0 Å². The largest absolute Gasteiger partial charge is 0.370 e. The molecule has 0 aliphatic carbocycles. The maximum absolute atomic E-state index is 7.19. The third-order valence-electron chi connectivity index (χ3n) is 5.65. The van der Waals surface area contributed by atoms with Crippen molar-refractivity contribution in [1.29, 1.82) is 5.41 Å². The standard InChI is InChI=1S/C26H47N5/c1-2-3-4-5-6-7-8-9-10-11-12-13-14-15-16-20-25-29-22-19-24-31(25)23-18-17-21-30-26(27)28/h9-10H,2-6,11-24H2,1H3,(H4,27,28,30)/b10-9-. The van der Waals surface area contributed by atoms with Crippen LogP contribution in [0.5, 0.6) is 0 Å². The van der Waals surface area contributed by atoms with Gasteiger partial charge in [0.2, 0.25) is 0 Å². The van der Waals surface area contributed by atoms with Gasteiger partial charge in [-0.25, -0.2) is 0 Å². The molecule has 0 amide bonds. The predicted octanol–water partition coefficient (Wildman–Crippen LogP) is 5.61. The lowest BCUT2D eigenvalue weighted by atomic mass is 10.1. The first-order valence-electron chi connectivity index (χ1n) is 12.7. The van der Waals surface area contributed by atoms with Crippen LogP contribution in [0.15, 0.2) is 17.1 Å². The zero-order valence-corrected chi connectivity index (χ0v) is 20.1. The average molecular weight is 430 g/mol. The van der Waals surface area contributed by atoms with Crippen molar-refractivity contribution in [1.82, 2.24) is 10.2 Å². The number of nitrogens with zero attached hydrogens (tertiary/aromatic N) is 2. The maximum Gasteiger partial charge on any atom is 0.185 e. The van der Waals surface area contributed by atoms with Crippen molar-refractivity contribution >= 4 is 11.8 Å². The molecule has 0 aromatic heterocycles. The van der Waals surface area contributed by atoms with E-state index in [4.69, 9.17) is 16.1 Å². The zero-order chi connectivity index (χ0) is 22.4. The maximum atomic E-state index is 7.19. The van der Waals surface area contributed by atoms with Crippen LogP contribution in [0.1, 0.15) is 103 Å². The van der Waals surface area contributed by atoms with Crippen LogP contribution in [-0.4, -0.2) is 42.9 Å². The van der Waals surface area contributed by atoms with Crippen LogP contribution in [0.25, 0.3) is 0 Å². The predicted molar refractivity (Wildman–Crippen MR) is 136 cm³/mol. The Balaban J connectivity index is 2.00. The quantitative estimate of drug-likeness (QED) is 0.122. The highest BCUT2D eigenvalue weighted by molar-refractivity contribution is 5.82. The Labute approximate surface area is 191 Å². The molecule has 31 heavy (non-hydrogen) atoms. The topological polar surface area (TPSA) is 77.5 Å². The molecular weight excluding hydrogens is 382 g/mol. The third kappa shape index (κ3) is 16.4. The van der Waals surface area contributed by atoms with E-state index in [-0.39, 0.29) is 5.96 Å². The molecule has 0 aromatic rings. The lowest BCUT2D eigenvalue weighted by Crippen LogP contribution is -2.37. The van der Waals surface area contributed by atoms with E-state index in [2.05, 4.69) is 35.1 Å². The van der Waals surface area contributed by atoms with Crippen molar-refractivity contribution in [3.8, 4) is 11.8 Å². The molecule has 0 spiro atoms. The summed E-state index contributed by atoms with van der Waals surface area (Å²) in [6, 6.07) is 0. The summed E-state index contributed by atoms with van der Waals surface area (Å²) in [5, 5.41) is 10.1. The summed E-state index contributed by atoms with van der Waals surface area (Å²) >= 11 is 0. The molecule has 0 aromatic carbocycles. The highest BCUT2D eigenvalue weighted by atomic mass is 15.2. The highest BCUT2D eigenvalue weighted by Gasteiger charge is 2.14. The van der Waals surface area contributed by atoms with Gasteiger partial charge in [0, 0.05) is 39.0 Å². The number of nitrogens with two attached hydrogens (primary N) is 1. The van der Waals surface area contributed by atoms with Gasteiger partial charge in [0.25, 0.3) is 0 Å². The van der Waals surface area contributed by atoms with Gasteiger partial charge in [-0.2, -0.15) is 0 Å². The van der Waals surface area contributed by atoms with E-state index in [0.29, 0.717) is 0 Å². The second-order valence-corrected chi connectivity index (χ2v) is 8.53. The van der Waals surface area contributed by atoms with E-state index < -0.39 is 0 Å². The monoisotopic (exact) mass is 429 g/mol. The Morgan fingerprint density at radius 2 is 1.90 bits per heavy atom. The molecule has 1 heterocycles. The summed E-state index contributed by atoms with van der Waals surface area (Å²) in [5.41, 5.74) is 5.32. The van der Waals surface area contributed by atoms with E-state index in [9.17, 15) is 0 Å². The van der Waals surface area contributed by atoms with Gasteiger partial charge in [-0.1, -0.05) is 63.4 Å². The molecule has 0 bridgehead atoms. The van der Waals surface area contributed by atoms with Gasteiger partial charge in [-0.05, 0) is 51.0 Å². The Bertz CT molecular complexity index is 570. The van der Waals surface area contributed by atoms with Crippen molar-refractivity contribution in [3.63, 3.8) is 0 Å². The van der Waals surface area contributed by atoms with Crippen LogP contribution in [0.4, 0.5) is 0 Å². The van der Waals surface area contributed by atoms with Crippen molar-refractivity contribution in [2.24, 2.45) is 10.7 Å². The number of unbranched alkanes of at least 4 members (excludes halogenated alkanes) is 10. The van der Waals surface area contributed by atoms with E-state index in [0.717, 1.165) is 58.3 Å². The minimum atomic E-state index is 0.0677. The molecule has 5 nitrogen and oxygen atoms in total. The number of amidine groups is 1. The van der Waals surface area contributed by atoms with Crippen LogP contribution in [0, 0.1) is 17.3 Å². The molecule has 1 aliphatic heterocycles. The van der Waals surface area contributed by atoms with E-state index in [1.54, 1.807) is 0 Å². The van der Waals surface area contributed by atoms with E-state index in [1.807, 2.05) is 6.08 Å². The minimum absolute atomic E-state index is 0.0677. The Hall–Kier alpha value is -1.96. The molecule has 0 saturated heterocycles. The van der Waals surface area contributed by atoms with Gasteiger partial charge >= 0.3 is 0 Å². The first-order valence-corrected chi connectivity index (χ1v) is 12.7. The number of hydrogen-bond acceptors (Lipinski definition) is 3. The molecule has 0 saturated carbocycles. The van der Waals surface area contributed by atoms with Crippen molar-refractivity contribution in [2.45, 2.75) is 103 Å². The van der Waals surface area contributed by atoms with Crippen LogP contribution < -0.4 is 11.1 Å². The fourth-order valence-electron chi connectivity index (χ4n) is 3.82. The second kappa shape index (κ2) is 20.0. The first-order chi connectivity index (χ1) is 15.2. The van der Waals surface area contributed by atoms with Gasteiger partial charge in [0.15, 0.2) is 5.96 Å². The number of allylic oxidation sites excluding steroid dienone is 2. The fraction of sp³-hybridized carbons (Fsp3) is 0.769. The molecule has 5 heteroatoms. The van der Waals surface area contributed by atoms with Crippen LogP contribution >= 0.6 is 0 Å². The highest BCUT2D eigenvalue weighted by Crippen LogP contribution is 2.13. The lowest BCUT2D eigenvalue weighted by molar-refractivity contribution is 0.372. The number of hydrogen-bond donors (Lipinski definition) is 3. The molecule has 1 rings (SSSR count). The summed E-state index contributed by atoms with van der Waals surface area (Å²) in [7, 11) is 0. The zero-order valence-electron chi connectivity index (χ0n) is 20.1. The van der Waals surface area contributed by atoms with E-state index in [1.165, 1.54) is 70.0 Å². The summed E-state index contributed by atoms with van der Waals surface area (Å²) in [6.45, 7) is 6.25. The Morgan fingerprint density at radius 3 is 2.74 bits per heavy atom. The minimum Gasteiger partial charge on any atom is -0.370 e. The van der Waals surface area contributed by atoms with Gasteiger partial charge in [0.05, 0.1) is 5.84 Å². The summed E-state index contributed by atoms with van der Waals surface area (Å²) in [6.07, 6.45) is 22.6. The molecule has 0 unspecified atom stereocenters. The van der Waals surface area contributed by atoms with Gasteiger partial charge in [-0.3, -0.25) is 10.4 Å². The lowest BCUT2D eigenvalue weighted by Gasteiger charge is -2.29. The molecule has 0 radical (unpaired) electrons. The SMILES string of the molecule is CCCCCCC#C/C=C\CCCCCCCC1=NCCCN1CCCCNC(=N)N. The number of nitrogens with one attached hydrogen (secondary N) is 2. The van der Waals surface area contributed by atoms with Crippen LogP contribution in [0.3, 0.4) is 0 Å². The normalized spacial score (nSPS) is 13.7. The number of aliphatic imine (C=N–C) groups is 1. The molecule has 4 N–H and O–H groups in total. The molecular formula is C26H47N5. The third-order valence-corrected chi connectivity index (χ3v) is 5.65. The Kier molecular flexibility index (Phi) is 17.4. The molecule has 176 valence electrons. The fourth-order valence-corrected chi connectivity index (χ4v) is 3.82.